The van der Waals surface area contributed by atoms with Crippen molar-refractivity contribution in [3.05, 3.63) is 0 Å². The third-order valence-electron chi connectivity index (χ3n) is 5.96. The van der Waals surface area contributed by atoms with Crippen LogP contribution in [0.3, 0.4) is 0 Å². The predicted molar refractivity (Wildman–Crippen MR) is 110 cm³/mol. The van der Waals surface area contributed by atoms with E-state index in [-0.39, 0.29) is 23.9 Å². The van der Waals surface area contributed by atoms with E-state index in [1.807, 2.05) is 0 Å². The zero-order chi connectivity index (χ0) is 20.1. The predicted octanol–water partition coefficient (Wildman–Crippen LogP) is 6.37. The first-order valence-electron chi connectivity index (χ1n) is 11.4. The standard InChI is InChI=1S/C23H42O4/c1-4-21(13-11-9-7-5-6-8-10-12-18(2)3)27-23(26)20-16-14-19(15-17-20)22(24)25/h18-21H,4-17H2,1-3H3,(H,24,25). The van der Waals surface area contributed by atoms with Crippen LogP contribution in [0.1, 0.15) is 111 Å². The molecule has 0 heterocycles. The van der Waals surface area contributed by atoms with E-state index in [4.69, 9.17) is 9.84 Å². The van der Waals surface area contributed by atoms with Gasteiger partial charge in [0.05, 0.1) is 11.8 Å². The molecule has 0 bridgehead atoms. The Balaban J connectivity index is 2.09. The fourth-order valence-corrected chi connectivity index (χ4v) is 3.99. The van der Waals surface area contributed by atoms with Gasteiger partial charge < -0.3 is 9.84 Å². The number of hydrogen-bond donors (Lipinski definition) is 1. The highest BCUT2D eigenvalue weighted by molar-refractivity contribution is 5.74. The summed E-state index contributed by atoms with van der Waals surface area (Å²) in [6.45, 7) is 6.66. The summed E-state index contributed by atoms with van der Waals surface area (Å²) in [7, 11) is 0. The molecule has 1 aliphatic rings. The number of carboxylic acid groups (broad SMARTS) is 1. The van der Waals surface area contributed by atoms with Gasteiger partial charge >= 0.3 is 11.9 Å². The molecule has 1 aliphatic carbocycles. The Kier molecular flexibility index (Phi) is 12.4. The lowest BCUT2D eigenvalue weighted by atomic mass is 9.82. The Labute approximate surface area is 166 Å². The fourth-order valence-electron chi connectivity index (χ4n) is 3.99. The van der Waals surface area contributed by atoms with Crippen LogP contribution in [-0.4, -0.2) is 23.1 Å². The Bertz CT molecular complexity index is 411. The van der Waals surface area contributed by atoms with Gasteiger partial charge in [0.2, 0.25) is 0 Å². The van der Waals surface area contributed by atoms with Crippen LogP contribution in [-0.2, 0) is 14.3 Å². The minimum atomic E-state index is -0.729. The molecule has 4 heteroatoms. The van der Waals surface area contributed by atoms with Crippen molar-refractivity contribution in [2.45, 2.75) is 117 Å². The molecule has 4 nitrogen and oxygen atoms in total. The van der Waals surface area contributed by atoms with Crippen LogP contribution in [0.5, 0.6) is 0 Å². The average molecular weight is 383 g/mol. The number of unbranched alkanes of at least 4 members (excludes halogenated alkanes) is 6. The minimum Gasteiger partial charge on any atom is -0.481 e. The van der Waals surface area contributed by atoms with Gasteiger partial charge in [-0.2, -0.15) is 0 Å². The second-order valence-electron chi connectivity index (χ2n) is 8.80. The summed E-state index contributed by atoms with van der Waals surface area (Å²) < 4.78 is 5.73. The number of esters is 1. The van der Waals surface area contributed by atoms with E-state index < -0.39 is 5.97 Å². The minimum absolute atomic E-state index is 0.0285. The van der Waals surface area contributed by atoms with Gasteiger partial charge in [-0.25, -0.2) is 0 Å². The lowest BCUT2D eigenvalue weighted by Gasteiger charge is -2.26. The normalized spacial score (nSPS) is 21.2. The van der Waals surface area contributed by atoms with Gasteiger partial charge in [0.15, 0.2) is 0 Å². The molecule has 1 rings (SSSR count). The van der Waals surface area contributed by atoms with Crippen molar-refractivity contribution in [3.63, 3.8) is 0 Å². The maximum atomic E-state index is 12.4. The number of rotatable bonds is 14. The third kappa shape index (κ3) is 10.8. The molecule has 27 heavy (non-hydrogen) atoms. The van der Waals surface area contributed by atoms with Crippen molar-refractivity contribution in [1.82, 2.24) is 0 Å². The van der Waals surface area contributed by atoms with Gasteiger partial charge in [-0.3, -0.25) is 9.59 Å². The first kappa shape index (κ1) is 24.0. The summed E-state index contributed by atoms with van der Waals surface area (Å²) in [6, 6.07) is 0. The molecule has 158 valence electrons. The highest BCUT2D eigenvalue weighted by Crippen LogP contribution is 2.30. The van der Waals surface area contributed by atoms with Crippen LogP contribution in [0.25, 0.3) is 0 Å². The molecular formula is C23H42O4. The summed E-state index contributed by atoms with van der Waals surface area (Å²) in [5, 5.41) is 9.05. The molecule has 1 saturated carbocycles. The Morgan fingerprint density at radius 2 is 1.33 bits per heavy atom. The molecule has 0 aromatic carbocycles. The van der Waals surface area contributed by atoms with E-state index >= 15 is 0 Å². The van der Waals surface area contributed by atoms with Crippen LogP contribution in [0.2, 0.25) is 0 Å². The monoisotopic (exact) mass is 382 g/mol. The lowest BCUT2D eigenvalue weighted by molar-refractivity contribution is -0.157. The van der Waals surface area contributed by atoms with Crippen LogP contribution in [0.15, 0.2) is 0 Å². The Hall–Kier alpha value is -1.06. The van der Waals surface area contributed by atoms with Crippen molar-refractivity contribution in [2.75, 3.05) is 0 Å². The molecule has 1 N–H and O–H groups in total. The molecule has 0 aromatic heterocycles. The van der Waals surface area contributed by atoms with Crippen molar-refractivity contribution < 1.29 is 19.4 Å². The van der Waals surface area contributed by atoms with Crippen LogP contribution in [0, 0.1) is 17.8 Å². The van der Waals surface area contributed by atoms with Crippen LogP contribution in [0.4, 0.5) is 0 Å². The number of carboxylic acids is 1. The van der Waals surface area contributed by atoms with Gasteiger partial charge in [-0.1, -0.05) is 65.7 Å². The van der Waals surface area contributed by atoms with E-state index in [0.717, 1.165) is 25.2 Å². The highest BCUT2D eigenvalue weighted by atomic mass is 16.5. The van der Waals surface area contributed by atoms with Gasteiger partial charge in [0.1, 0.15) is 6.10 Å². The molecule has 0 amide bonds. The molecule has 0 saturated heterocycles. The van der Waals surface area contributed by atoms with Crippen molar-refractivity contribution in [3.8, 4) is 0 Å². The number of carbonyl (C=O) groups excluding carboxylic acids is 1. The van der Waals surface area contributed by atoms with Crippen molar-refractivity contribution in [1.29, 1.82) is 0 Å². The molecule has 1 fully saturated rings. The van der Waals surface area contributed by atoms with E-state index in [1.54, 1.807) is 0 Å². The topological polar surface area (TPSA) is 63.6 Å². The second kappa shape index (κ2) is 14.0. The smallest absolute Gasteiger partial charge is 0.309 e. The molecule has 0 aromatic rings. The van der Waals surface area contributed by atoms with E-state index in [1.165, 1.54) is 44.9 Å². The quantitative estimate of drug-likeness (QED) is 0.280. The zero-order valence-corrected chi connectivity index (χ0v) is 17.9. The first-order chi connectivity index (χ1) is 12.9. The van der Waals surface area contributed by atoms with Gasteiger partial charge in [0, 0.05) is 0 Å². The summed E-state index contributed by atoms with van der Waals surface area (Å²) in [4.78, 5) is 23.4. The molecule has 1 unspecified atom stereocenters. The maximum Gasteiger partial charge on any atom is 0.309 e. The van der Waals surface area contributed by atoms with E-state index in [2.05, 4.69) is 20.8 Å². The zero-order valence-electron chi connectivity index (χ0n) is 17.9. The lowest BCUT2D eigenvalue weighted by Crippen LogP contribution is -2.29. The Morgan fingerprint density at radius 3 is 1.81 bits per heavy atom. The summed E-state index contributed by atoms with van der Waals surface area (Å²) in [5.41, 5.74) is 0. The molecule has 0 aliphatic heterocycles. The van der Waals surface area contributed by atoms with Gasteiger partial charge in [-0.05, 0) is 50.9 Å². The number of carbonyl (C=O) groups is 2. The van der Waals surface area contributed by atoms with E-state index in [0.29, 0.717) is 25.7 Å². The number of hydrogen-bond acceptors (Lipinski definition) is 3. The molecular weight excluding hydrogens is 340 g/mol. The summed E-state index contributed by atoms with van der Waals surface area (Å²) in [5.74, 6) is -0.378. The van der Waals surface area contributed by atoms with Crippen LogP contribution >= 0.6 is 0 Å². The number of aliphatic carboxylic acids is 1. The Morgan fingerprint density at radius 1 is 0.852 bits per heavy atom. The van der Waals surface area contributed by atoms with E-state index in [9.17, 15) is 9.59 Å². The largest absolute Gasteiger partial charge is 0.481 e. The van der Waals surface area contributed by atoms with Crippen LogP contribution < -0.4 is 0 Å². The molecule has 0 spiro atoms. The molecule has 0 radical (unpaired) electrons. The number of ether oxygens (including phenoxy) is 1. The van der Waals surface area contributed by atoms with Gasteiger partial charge in [-0.15, -0.1) is 0 Å². The van der Waals surface area contributed by atoms with Crippen molar-refractivity contribution >= 4 is 11.9 Å². The summed E-state index contributed by atoms with van der Waals surface area (Å²) >= 11 is 0. The average Bonchev–Trinajstić information content (AvgIpc) is 2.65. The highest BCUT2D eigenvalue weighted by Gasteiger charge is 2.31. The third-order valence-corrected chi connectivity index (χ3v) is 5.96. The van der Waals surface area contributed by atoms with Crippen molar-refractivity contribution in [2.24, 2.45) is 17.8 Å². The second-order valence-corrected chi connectivity index (χ2v) is 8.80. The van der Waals surface area contributed by atoms with Gasteiger partial charge in [0.25, 0.3) is 0 Å². The summed E-state index contributed by atoms with van der Waals surface area (Å²) in [6.07, 6.45) is 14.7. The SMILES string of the molecule is CCC(CCCCCCCCCC(C)C)OC(=O)C1CCC(C(=O)O)CC1. The molecule has 1 atom stereocenters. The maximum absolute atomic E-state index is 12.4. The fraction of sp³-hybridized carbons (Fsp3) is 0.913. The first-order valence-corrected chi connectivity index (χ1v) is 11.4.